The molecule has 5 nitrogen and oxygen atoms in total. The molecule has 0 spiro atoms. The Morgan fingerprint density at radius 1 is 1.44 bits per heavy atom. The average molecular weight is 227 g/mol. The van der Waals surface area contributed by atoms with Crippen molar-refractivity contribution in [3.63, 3.8) is 0 Å². The van der Waals surface area contributed by atoms with E-state index in [2.05, 4.69) is 5.32 Å². The molecule has 0 radical (unpaired) electrons. The molecule has 0 unspecified atom stereocenters. The molecule has 0 bridgehead atoms. The summed E-state index contributed by atoms with van der Waals surface area (Å²) in [6.45, 7) is 2.66. The van der Waals surface area contributed by atoms with Crippen LogP contribution in [0, 0.1) is 0 Å². The first-order valence-electron chi connectivity index (χ1n) is 5.97. The lowest BCUT2D eigenvalue weighted by atomic mass is 9.93. The minimum absolute atomic E-state index is 0.0125. The second-order valence-electron chi connectivity index (χ2n) is 4.32. The molecule has 1 fully saturated rings. The molecule has 0 aliphatic heterocycles. The number of hydrogen-bond acceptors (Lipinski definition) is 2. The first-order chi connectivity index (χ1) is 7.63. The fourth-order valence-electron chi connectivity index (χ4n) is 1.61. The number of carbonyl (C=O) groups excluding carboxylic acids is 2. The van der Waals surface area contributed by atoms with Gasteiger partial charge in [-0.25, -0.2) is 4.79 Å². The van der Waals surface area contributed by atoms with Crippen molar-refractivity contribution in [1.82, 2.24) is 10.2 Å². The lowest BCUT2D eigenvalue weighted by Crippen LogP contribution is -2.49. The first kappa shape index (κ1) is 12.8. The van der Waals surface area contributed by atoms with Crippen molar-refractivity contribution in [3.05, 3.63) is 0 Å². The van der Waals surface area contributed by atoms with E-state index in [-0.39, 0.29) is 12.6 Å². The van der Waals surface area contributed by atoms with Gasteiger partial charge in [-0.3, -0.25) is 4.79 Å². The molecule has 0 saturated heterocycles. The number of urea groups is 1. The van der Waals surface area contributed by atoms with E-state index in [0.29, 0.717) is 12.6 Å². The third kappa shape index (κ3) is 4.08. The number of primary amides is 1. The highest BCUT2D eigenvalue weighted by Gasteiger charge is 2.22. The van der Waals surface area contributed by atoms with Crippen LogP contribution in [0.25, 0.3) is 0 Å². The van der Waals surface area contributed by atoms with Crippen molar-refractivity contribution < 1.29 is 9.59 Å². The minimum atomic E-state index is -0.458. The van der Waals surface area contributed by atoms with E-state index in [0.717, 1.165) is 25.7 Å². The van der Waals surface area contributed by atoms with Crippen LogP contribution in [0.2, 0.25) is 0 Å². The monoisotopic (exact) mass is 227 g/mol. The summed E-state index contributed by atoms with van der Waals surface area (Å²) < 4.78 is 0. The summed E-state index contributed by atoms with van der Waals surface area (Å²) in [5.74, 6) is -0.458. The Morgan fingerprint density at radius 3 is 2.56 bits per heavy atom. The smallest absolute Gasteiger partial charge is 0.318 e. The van der Waals surface area contributed by atoms with Crippen LogP contribution in [0.15, 0.2) is 0 Å². The summed E-state index contributed by atoms with van der Waals surface area (Å²) in [6.07, 6.45) is 5.15. The van der Waals surface area contributed by atoms with Crippen molar-refractivity contribution in [2.24, 2.45) is 5.73 Å². The number of unbranched alkanes of at least 4 members (excludes halogenated alkanes) is 1. The SMILES string of the molecule is CCCCN(CC(N)=O)C(=O)NC1CCC1. The van der Waals surface area contributed by atoms with Crippen molar-refractivity contribution in [3.8, 4) is 0 Å². The lowest BCUT2D eigenvalue weighted by Gasteiger charge is -2.30. The normalized spacial score (nSPS) is 15.3. The van der Waals surface area contributed by atoms with Gasteiger partial charge in [0.05, 0.1) is 0 Å². The number of nitrogens with two attached hydrogens (primary N) is 1. The molecule has 1 saturated carbocycles. The number of carbonyl (C=O) groups is 2. The van der Waals surface area contributed by atoms with Crippen molar-refractivity contribution in [2.45, 2.75) is 45.1 Å². The summed E-state index contributed by atoms with van der Waals surface area (Å²) in [5, 5.41) is 2.91. The molecule has 1 aliphatic carbocycles. The topological polar surface area (TPSA) is 75.4 Å². The molecule has 0 aromatic carbocycles. The van der Waals surface area contributed by atoms with Crippen LogP contribution in [-0.2, 0) is 4.79 Å². The third-order valence-corrected chi connectivity index (χ3v) is 2.85. The Kier molecular flexibility index (Phi) is 5.08. The Balaban J connectivity index is 2.38. The molecule has 0 atom stereocenters. The molecule has 0 aromatic rings. The zero-order valence-electron chi connectivity index (χ0n) is 9.87. The zero-order chi connectivity index (χ0) is 12.0. The van der Waals surface area contributed by atoms with Crippen LogP contribution >= 0.6 is 0 Å². The number of nitrogens with one attached hydrogen (secondary N) is 1. The van der Waals surface area contributed by atoms with E-state index in [1.54, 1.807) is 0 Å². The van der Waals surface area contributed by atoms with Crippen molar-refractivity contribution in [1.29, 1.82) is 0 Å². The highest BCUT2D eigenvalue weighted by molar-refractivity contribution is 5.83. The molecule has 92 valence electrons. The predicted octanol–water partition coefficient (Wildman–Crippen LogP) is 0.836. The van der Waals surface area contributed by atoms with Crippen LogP contribution < -0.4 is 11.1 Å². The van der Waals surface area contributed by atoms with E-state index in [4.69, 9.17) is 5.73 Å². The van der Waals surface area contributed by atoms with Gasteiger partial charge in [0.25, 0.3) is 0 Å². The number of amides is 3. The highest BCUT2D eigenvalue weighted by Crippen LogP contribution is 2.18. The van der Waals surface area contributed by atoms with Gasteiger partial charge in [-0.2, -0.15) is 0 Å². The van der Waals surface area contributed by atoms with Gasteiger partial charge in [-0.15, -0.1) is 0 Å². The molecule has 5 heteroatoms. The molecule has 0 aromatic heterocycles. The molecule has 16 heavy (non-hydrogen) atoms. The maximum Gasteiger partial charge on any atom is 0.318 e. The minimum Gasteiger partial charge on any atom is -0.368 e. The maximum absolute atomic E-state index is 11.8. The fraction of sp³-hybridized carbons (Fsp3) is 0.818. The van der Waals surface area contributed by atoms with E-state index in [9.17, 15) is 9.59 Å². The van der Waals surface area contributed by atoms with E-state index >= 15 is 0 Å². The number of nitrogens with zero attached hydrogens (tertiary/aromatic N) is 1. The summed E-state index contributed by atoms with van der Waals surface area (Å²) in [4.78, 5) is 24.1. The Hall–Kier alpha value is -1.26. The fourth-order valence-corrected chi connectivity index (χ4v) is 1.61. The second kappa shape index (κ2) is 6.35. The molecule has 1 rings (SSSR count). The Bertz CT molecular complexity index is 252. The molecule has 3 amide bonds. The maximum atomic E-state index is 11.8. The standard InChI is InChI=1S/C11H21N3O2/c1-2-3-7-14(8-10(12)15)11(16)13-9-5-4-6-9/h9H,2-8H2,1H3,(H2,12,15)(H,13,16). The number of rotatable bonds is 6. The van der Waals surface area contributed by atoms with Gasteiger partial charge in [-0.05, 0) is 25.7 Å². The van der Waals surface area contributed by atoms with E-state index < -0.39 is 5.91 Å². The average Bonchev–Trinajstić information content (AvgIpc) is 2.17. The quantitative estimate of drug-likeness (QED) is 0.705. The van der Waals surface area contributed by atoms with E-state index in [1.165, 1.54) is 11.3 Å². The van der Waals surface area contributed by atoms with Gasteiger partial charge in [0.2, 0.25) is 5.91 Å². The van der Waals surface area contributed by atoms with E-state index in [1.807, 2.05) is 6.92 Å². The lowest BCUT2D eigenvalue weighted by molar-refractivity contribution is -0.118. The van der Waals surface area contributed by atoms with Crippen LogP contribution in [0.5, 0.6) is 0 Å². The zero-order valence-corrected chi connectivity index (χ0v) is 9.87. The van der Waals surface area contributed by atoms with Crippen molar-refractivity contribution >= 4 is 11.9 Å². The summed E-state index contributed by atoms with van der Waals surface area (Å²) in [5.41, 5.74) is 5.12. The largest absolute Gasteiger partial charge is 0.368 e. The summed E-state index contributed by atoms with van der Waals surface area (Å²) >= 11 is 0. The first-order valence-corrected chi connectivity index (χ1v) is 5.97. The van der Waals surface area contributed by atoms with Crippen LogP contribution in [0.4, 0.5) is 4.79 Å². The number of hydrogen-bond donors (Lipinski definition) is 2. The van der Waals surface area contributed by atoms with Gasteiger partial charge < -0.3 is 16.0 Å². The van der Waals surface area contributed by atoms with Crippen LogP contribution in [0.1, 0.15) is 39.0 Å². The van der Waals surface area contributed by atoms with Crippen LogP contribution in [0.3, 0.4) is 0 Å². The van der Waals surface area contributed by atoms with Crippen LogP contribution in [-0.4, -0.2) is 36.0 Å². The predicted molar refractivity (Wildman–Crippen MR) is 61.8 cm³/mol. The Labute approximate surface area is 96.4 Å². The Morgan fingerprint density at radius 2 is 2.12 bits per heavy atom. The highest BCUT2D eigenvalue weighted by atomic mass is 16.2. The molecular formula is C11H21N3O2. The van der Waals surface area contributed by atoms with Gasteiger partial charge in [0.1, 0.15) is 6.54 Å². The van der Waals surface area contributed by atoms with Gasteiger partial charge in [0.15, 0.2) is 0 Å². The van der Waals surface area contributed by atoms with Gasteiger partial charge in [-0.1, -0.05) is 13.3 Å². The molecule has 0 heterocycles. The molecule has 1 aliphatic rings. The van der Waals surface area contributed by atoms with Crippen molar-refractivity contribution in [2.75, 3.05) is 13.1 Å². The second-order valence-corrected chi connectivity index (χ2v) is 4.32. The molecule has 3 N–H and O–H groups in total. The third-order valence-electron chi connectivity index (χ3n) is 2.85. The van der Waals surface area contributed by atoms with Gasteiger partial charge in [0, 0.05) is 12.6 Å². The van der Waals surface area contributed by atoms with Gasteiger partial charge >= 0.3 is 6.03 Å². The summed E-state index contributed by atoms with van der Waals surface area (Å²) in [6, 6.07) is 0.140. The molecular weight excluding hydrogens is 206 g/mol. The summed E-state index contributed by atoms with van der Waals surface area (Å²) in [7, 11) is 0.